The molecule has 1 aliphatic carbocycles. The zero-order valence-electron chi connectivity index (χ0n) is 8.18. The minimum Gasteiger partial charge on any atom is -0.303 e. The first-order valence-corrected chi connectivity index (χ1v) is 4.84. The third kappa shape index (κ3) is 2.07. The molecule has 1 saturated carbocycles. The molecular weight excluding hydrogens is 150 g/mol. The Balaban J connectivity index is 2.18. The Hall–Kier alpha value is -0.370. The molecule has 0 bridgehead atoms. The monoisotopic (exact) mass is 169 g/mol. The van der Waals surface area contributed by atoms with E-state index in [1.807, 2.05) is 0 Å². The molecule has 0 heterocycles. The maximum absolute atomic E-state index is 10.1. The predicted molar refractivity (Wildman–Crippen MR) is 50.2 cm³/mol. The van der Waals surface area contributed by atoms with Gasteiger partial charge in [-0.2, -0.15) is 0 Å². The van der Waals surface area contributed by atoms with Gasteiger partial charge in [0.2, 0.25) is 0 Å². The van der Waals surface area contributed by atoms with Gasteiger partial charge in [0.1, 0.15) is 6.29 Å². The fraction of sp³-hybridized carbons (Fsp3) is 0.900. The number of hydrogen-bond acceptors (Lipinski definition) is 2. The van der Waals surface area contributed by atoms with Crippen molar-refractivity contribution < 1.29 is 4.79 Å². The number of rotatable bonds is 5. The fourth-order valence-corrected chi connectivity index (χ4v) is 1.75. The van der Waals surface area contributed by atoms with Crippen molar-refractivity contribution in [3.63, 3.8) is 0 Å². The fourth-order valence-electron chi connectivity index (χ4n) is 1.75. The van der Waals surface area contributed by atoms with E-state index < -0.39 is 0 Å². The quantitative estimate of drug-likeness (QED) is 0.462. The minimum atomic E-state index is 0.447. The van der Waals surface area contributed by atoms with Crippen LogP contribution in [-0.4, -0.2) is 30.3 Å². The maximum Gasteiger partial charge on any atom is 0.120 e. The molecule has 0 N–H and O–H groups in total. The van der Waals surface area contributed by atoms with Gasteiger partial charge in [-0.05, 0) is 46.2 Å². The first kappa shape index (κ1) is 9.72. The highest BCUT2D eigenvalue weighted by molar-refractivity contribution is 5.49. The molecule has 2 heteroatoms. The molecule has 0 spiro atoms. The van der Waals surface area contributed by atoms with Gasteiger partial charge >= 0.3 is 0 Å². The number of hydrogen-bond donors (Lipinski definition) is 0. The van der Waals surface area contributed by atoms with Gasteiger partial charge in [-0.1, -0.05) is 0 Å². The number of nitrogens with zero attached hydrogens (tertiary/aromatic N) is 1. The number of aldehydes is 1. The molecule has 0 saturated heterocycles. The lowest BCUT2D eigenvalue weighted by Crippen LogP contribution is -2.49. The molecule has 0 aromatic carbocycles. The second-order valence-corrected chi connectivity index (χ2v) is 4.08. The predicted octanol–water partition coefficient (Wildman–Crippen LogP) is 1.84. The van der Waals surface area contributed by atoms with Crippen molar-refractivity contribution in [3.05, 3.63) is 0 Å². The molecule has 12 heavy (non-hydrogen) atoms. The molecule has 1 rings (SSSR count). The lowest BCUT2D eigenvalue weighted by atomic mass is 9.77. The molecule has 0 atom stereocenters. The van der Waals surface area contributed by atoms with Crippen LogP contribution >= 0.6 is 0 Å². The summed E-state index contributed by atoms with van der Waals surface area (Å²) in [6.07, 6.45) is 6.75. The van der Waals surface area contributed by atoms with Gasteiger partial charge in [0.15, 0.2) is 0 Å². The summed E-state index contributed by atoms with van der Waals surface area (Å²) in [7, 11) is 2.17. The van der Waals surface area contributed by atoms with E-state index >= 15 is 0 Å². The second kappa shape index (κ2) is 4.04. The van der Waals surface area contributed by atoms with Crippen molar-refractivity contribution >= 4 is 6.29 Å². The molecule has 0 aromatic heterocycles. The van der Waals surface area contributed by atoms with Crippen molar-refractivity contribution in [2.45, 2.75) is 44.6 Å². The Morgan fingerprint density at radius 2 is 2.17 bits per heavy atom. The highest BCUT2D eigenvalue weighted by Gasteiger charge is 2.34. The van der Waals surface area contributed by atoms with E-state index in [0.717, 1.165) is 19.3 Å². The second-order valence-electron chi connectivity index (χ2n) is 4.08. The molecule has 0 radical (unpaired) electrons. The Morgan fingerprint density at radius 1 is 1.50 bits per heavy atom. The standard InChI is InChI=1S/C10H19NO/c1-10(6-5-7-10)11(2)8-3-4-9-12/h9H,3-8H2,1-2H3. The lowest BCUT2D eigenvalue weighted by Gasteiger charge is -2.46. The smallest absolute Gasteiger partial charge is 0.120 e. The van der Waals surface area contributed by atoms with Crippen LogP contribution in [-0.2, 0) is 4.79 Å². The van der Waals surface area contributed by atoms with E-state index in [9.17, 15) is 4.79 Å². The summed E-state index contributed by atoms with van der Waals surface area (Å²) in [5.74, 6) is 0. The van der Waals surface area contributed by atoms with E-state index in [4.69, 9.17) is 0 Å². The van der Waals surface area contributed by atoms with Gasteiger partial charge in [0, 0.05) is 12.0 Å². The van der Waals surface area contributed by atoms with Crippen LogP contribution < -0.4 is 0 Å². The van der Waals surface area contributed by atoms with Crippen molar-refractivity contribution in [1.82, 2.24) is 4.90 Å². The van der Waals surface area contributed by atoms with Crippen molar-refractivity contribution in [3.8, 4) is 0 Å². The Bertz CT molecular complexity index is 152. The molecule has 1 fully saturated rings. The minimum absolute atomic E-state index is 0.447. The van der Waals surface area contributed by atoms with E-state index in [0.29, 0.717) is 12.0 Å². The highest BCUT2D eigenvalue weighted by Crippen LogP contribution is 2.36. The molecule has 0 aliphatic heterocycles. The molecule has 0 unspecified atom stereocenters. The topological polar surface area (TPSA) is 20.3 Å². The number of carbonyl (C=O) groups excluding carboxylic acids is 1. The SMILES string of the molecule is CN(CCCC=O)C1(C)CCC1. The zero-order valence-corrected chi connectivity index (χ0v) is 8.18. The van der Waals surface area contributed by atoms with Crippen LogP contribution in [0.4, 0.5) is 0 Å². The molecular formula is C10H19NO. The van der Waals surface area contributed by atoms with E-state index in [2.05, 4.69) is 18.9 Å². The number of unbranched alkanes of at least 4 members (excludes halogenated alkanes) is 1. The Labute approximate surface area is 74.9 Å². The zero-order chi connectivity index (χ0) is 9.03. The summed E-state index contributed by atoms with van der Waals surface area (Å²) in [6.45, 7) is 3.38. The highest BCUT2D eigenvalue weighted by atomic mass is 16.1. The lowest BCUT2D eigenvalue weighted by molar-refractivity contribution is -0.108. The summed E-state index contributed by atoms with van der Waals surface area (Å²) in [5.41, 5.74) is 0.447. The van der Waals surface area contributed by atoms with Crippen LogP contribution in [0.15, 0.2) is 0 Å². The number of carbonyl (C=O) groups is 1. The van der Waals surface area contributed by atoms with Crippen molar-refractivity contribution in [2.75, 3.05) is 13.6 Å². The summed E-state index contributed by atoms with van der Waals surface area (Å²) in [5, 5.41) is 0. The summed E-state index contributed by atoms with van der Waals surface area (Å²) < 4.78 is 0. The Kier molecular flexibility index (Phi) is 3.27. The average molecular weight is 169 g/mol. The van der Waals surface area contributed by atoms with Crippen LogP contribution in [0.2, 0.25) is 0 Å². The summed E-state index contributed by atoms with van der Waals surface area (Å²) in [4.78, 5) is 12.5. The largest absolute Gasteiger partial charge is 0.303 e. The Morgan fingerprint density at radius 3 is 2.58 bits per heavy atom. The molecule has 0 amide bonds. The van der Waals surface area contributed by atoms with Crippen LogP contribution in [0.1, 0.15) is 39.0 Å². The van der Waals surface area contributed by atoms with Gasteiger partial charge in [-0.3, -0.25) is 0 Å². The van der Waals surface area contributed by atoms with Crippen molar-refractivity contribution in [2.24, 2.45) is 0 Å². The van der Waals surface area contributed by atoms with Crippen LogP contribution in [0.5, 0.6) is 0 Å². The average Bonchev–Trinajstić information content (AvgIpc) is 2.00. The molecule has 70 valence electrons. The molecule has 0 aromatic rings. The van der Waals surface area contributed by atoms with Gasteiger partial charge in [0.25, 0.3) is 0 Å². The molecule has 2 nitrogen and oxygen atoms in total. The summed E-state index contributed by atoms with van der Waals surface area (Å²) in [6, 6.07) is 0. The van der Waals surface area contributed by atoms with Gasteiger partial charge < -0.3 is 9.69 Å². The van der Waals surface area contributed by atoms with E-state index in [-0.39, 0.29) is 0 Å². The maximum atomic E-state index is 10.1. The third-order valence-corrected chi connectivity index (χ3v) is 3.17. The first-order valence-electron chi connectivity index (χ1n) is 4.84. The van der Waals surface area contributed by atoms with E-state index in [1.54, 1.807) is 0 Å². The first-order chi connectivity index (χ1) is 5.69. The van der Waals surface area contributed by atoms with Crippen LogP contribution in [0.25, 0.3) is 0 Å². The molecule has 1 aliphatic rings. The van der Waals surface area contributed by atoms with E-state index in [1.165, 1.54) is 19.3 Å². The normalized spacial score (nSPS) is 20.6. The van der Waals surface area contributed by atoms with Gasteiger partial charge in [0.05, 0.1) is 0 Å². The van der Waals surface area contributed by atoms with Gasteiger partial charge in [-0.25, -0.2) is 0 Å². The van der Waals surface area contributed by atoms with Gasteiger partial charge in [-0.15, -0.1) is 0 Å². The summed E-state index contributed by atoms with van der Waals surface area (Å²) >= 11 is 0. The van der Waals surface area contributed by atoms with Crippen LogP contribution in [0.3, 0.4) is 0 Å². The van der Waals surface area contributed by atoms with Crippen LogP contribution in [0, 0.1) is 0 Å². The van der Waals surface area contributed by atoms with Crippen molar-refractivity contribution in [1.29, 1.82) is 0 Å². The third-order valence-electron chi connectivity index (χ3n) is 3.17.